The molecule has 1 aromatic heterocycles. The quantitative estimate of drug-likeness (QED) is 0.842. The van der Waals surface area contributed by atoms with E-state index in [1.54, 1.807) is 11.3 Å². The SMILES string of the molecule is CCNC(Cc1nc(C)cs1)c1ccc(C2CCC2)cc1. The molecule has 0 saturated heterocycles. The van der Waals surface area contributed by atoms with Crippen LogP contribution < -0.4 is 5.32 Å². The highest BCUT2D eigenvalue weighted by Crippen LogP contribution is 2.36. The molecule has 1 saturated carbocycles. The molecular weight excluding hydrogens is 276 g/mol. The van der Waals surface area contributed by atoms with Crippen molar-refractivity contribution in [1.29, 1.82) is 0 Å². The number of rotatable bonds is 6. The highest BCUT2D eigenvalue weighted by molar-refractivity contribution is 7.09. The molecule has 112 valence electrons. The summed E-state index contributed by atoms with van der Waals surface area (Å²) < 4.78 is 0. The molecule has 1 heterocycles. The number of thiazole rings is 1. The number of aryl methyl sites for hydroxylation is 1. The van der Waals surface area contributed by atoms with Crippen molar-refractivity contribution in [2.24, 2.45) is 0 Å². The Hall–Kier alpha value is -1.19. The Balaban J connectivity index is 1.73. The number of hydrogen-bond acceptors (Lipinski definition) is 3. The smallest absolute Gasteiger partial charge is 0.0947 e. The van der Waals surface area contributed by atoms with Crippen LogP contribution >= 0.6 is 11.3 Å². The summed E-state index contributed by atoms with van der Waals surface area (Å²) in [6.07, 6.45) is 5.12. The van der Waals surface area contributed by atoms with E-state index in [9.17, 15) is 0 Å². The predicted octanol–water partition coefficient (Wildman–Crippen LogP) is 4.61. The molecular formula is C18H24N2S. The summed E-state index contributed by atoms with van der Waals surface area (Å²) in [6, 6.07) is 9.65. The van der Waals surface area contributed by atoms with E-state index in [-0.39, 0.29) is 0 Å². The molecule has 0 spiro atoms. The van der Waals surface area contributed by atoms with Crippen molar-refractivity contribution in [2.75, 3.05) is 6.54 Å². The van der Waals surface area contributed by atoms with Gasteiger partial charge in [-0.1, -0.05) is 37.6 Å². The molecule has 3 heteroatoms. The van der Waals surface area contributed by atoms with Crippen molar-refractivity contribution in [3.05, 3.63) is 51.5 Å². The number of nitrogens with one attached hydrogen (secondary N) is 1. The fraction of sp³-hybridized carbons (Fsp3) is 0.500. The molecule has 0 aliphatic heterocycles. The molecule has 1 N–H and O–H groups in total. The molecule has 1 aromatic carbocycles. The third kappa shape index (κ3) is 3.53. The van der Waals surface area contributed by atoms with Crippen molar-refractivity contribution in [3.8, 4) is 0 Å². The molecule has 1 fully saturated rings. The molecule has 0 bridgehead atoms. The van der Waals surface area contributed by atoms with E-state index in [1.807, 2.05) is 0 Å². The van der Waals surface area contributed by atoms with Gasteiger partial charge in [-0.3, -0.25) is 0 Å². The summed E-state index contributed by atoms with van der Waals surface area (Å²) in [5, 5.41) is 6.96. The zero-order chi connectivity index (χ0) is 14.7. The highest BCUT2D eigenvalue weighted by atomic mass is 32.1. The zero-order valence-electron chi connectivity index (χ0n) is 12.9. The summed E-state index contributed by atoms with van der Waals surface area (Å²) in [5.41, 5.74) is 4.03. The number of aromatic nitrogens is 1. The van der Waals surface area contributed by atoms with Crippen LogP contribution in [0, 0.1) is 6.92 Å². The lowest BCUT2D eigenvalue weighted by Gasteiger charge is -2.26. The molecule has 1 aliphatic carbocycles. The largest absolute Gasteiger partial charge is 0.310 e. The van der Waals surface area contributed by atoms with E-state index in [1.165, 1.54) is 35.4 Å². The first-order valence-corrected chi connectivity index (χ1v) is 8.88. The molecule has 21 heavy (non-hydrogen) atoms. The van der Waals surface area contributed by atoms with Gasteiger partial charge in [0, 0.05) is 23.5 Å². The fourth-order valence-electron chi connectivity index (χ4n) is 2.97. The number of likely N-dealkylation sites (N-methyl/N-ethyl adjacent to an activating group) is 1. The van der Waals surface area contributed by atoms with E-state index in [0.717, 1.165) is 24.6 Å². The summed E-state index contributed by atoms with van der Waals surface area (Å²) in [6.45, 7) is 5.22. The van der Waals surface area contributed by atoms with E-state index in [2.05, 4.69) is 53.8 Å². The molecule has 0 amide bonds. The standard InChI is InChI=1S/C18H24N2S/c1-3-19-17(11-18-20-13(2)12-21-18)16-9-7-15(8-10-16)14-5-4-6-14/h7-10,12,14,17,19H,3-6,11H2,1-2H3. The number of nitrogens with zero attached hydrogens (tertiary/aromatic N) is 1. The average molecular weight is 300 g/mol. The minimum Gasteiger partial charge on any atom is -0.310 e. The second-order valence-corrected chi connectivity index (χ2v) is 6.93. The fourth-order valence-corrected chi connectivity index (χ4v) is 3.79. The van der Waals surface area contributed by atoms with Gasteiger partial charge in [0.05, 0.1) is 5.01 Å². The van der Waals surface area contributed by atoms with Crippen LogP contribution in [0.4, 0.5) is 0 Å². The lowest BCUT2D eigenvalue weighted by atomic mass is 9.80. The van der Waals surface area contributed by atoms with Crippen LogP contribution in [0.15, 0.2) is 29.6 Å². The van der Waals surface area contributed by atoms with Crippen LogP contribution in [0.5, 0.6) is 0 Å². The van der Waals surface area contributed by atoms with E-state index >= 15 is 0 Å². The van der Waals surface area contributed by atoms with Gasteiger partial charge in [-0.15, -0.1) is 11.3 Å². The van der Waals surface area contributed by atoms with Gasteiger partial charge in [0.1, 0.15) is 0 Å². The summed E-state index contributed by atoms with van der Waals surface area (Å²) in [4.78, 5) is 4.60. The maximum atomic E-state index is 4.60. The third-order valence-corrected chi connectivity index (χ3v) is 5.40. The molecule has 0 radical (unpaired) electrons. The Bertz CT molecular complexity index is 569. The van der Waals surface area contributed by atoms with Gasteiger partial charge in [-0.2, -0.15) is 0 Å². The molecule has 2 nitrogen and oxygen atoms in total. The molecule has 1 unspecified atom stereocenters. The molecule has 1 aliphatic rings. The second-order valence-electron chi connectivity index (χ2n) is 5.99. The van der Waals surface area contributed by atoms with Gasteiger partial charge in [0.2, 0.25) is 0 Å². The van der Waals surface area contributed by atoms with E-state index in [0.29, 0.717) is 6.04 Å². The van der Waals surface area contributed by atoms with Crippen LogP contribution in [-0.2, 0) is 6.42 Å². The van der Waals surface area contributed by atoms with Crippen molar-refractivity contribution < 1.29 is 0 Å². The van der Waals surface area contributed by atoms with Crippen LogP contribution in [-0.4, -0.2) is 11.5 Å². The van der Waals surface area contributed by atoms with Crippen LogP contribution in [0.3, 0.4) is 0 Å². The Morgan fingerprint density at radius 1 is 1.29 bits per heavy atom. The summed E-state index contributed by atoms with van der Waals surface area (Å²) in [5.74, 6) is 0.818. The van der Waals surface area contributed by atoms with Gasteiger partial charge in [-0.05, 0) is 43.4 Å². The van der Waals surface area contributed by atoms with Crippen molar-refractivity contribution in [2.45, 2.75) is 51.5 Å². The Morgan fingerprint density at radius 3 is 2.57 bits per heavy atom. The minimum atomic E-state index is 0.371. The average Bonchev–Trinajstić information content (AvgIpc) is 2.83. The number of benzene rings is 1. The first-order valence-electron chi connectivity index (χ1n) is 8.00. The topological polar surface area (TPSA) is 24.9 Å². The summed E-state index contributed by atoms with van der Waals surface area (Å²) >= 11 is 1.77. The van der Waals surface area contributed by atoms with Gasteiger partial charge < -0.3 is 5.32 Å². The molecule has 1 atom stereocenters. The highest BCUT2D eigenvalue weighted by Gasteiger charge is 2.20. The Morgan fingerprint density at radius 2 is 2.05 bits per heavy atom. The van der Waals surface area contributed by atoms with Crippen molar-refractivity contribution in [3.63, 3.8) is 0 Å². The van der Waals surface area contributed by atoms with Crippen molar-refractivity contribution >= 4 is 11.3 Å². The van der Waals surface area contributed by atoms with Crippen LogP contribution in [0.2, 0.25) is 0 Å². The van der Waals surface area contributed by atoms with E-state index < -0.39 is 0 Å². The van der Waals surface area contributed by atoms with Gasteiger partial charge in [0.15, 0.2) is 0 Å². The predicted molar refractivity (Wildman–Crippen MR) is 90.0 cm³/mol. The first kappa shape index (κ1) is 14.7. The lowest BCUT2D eigenvalue weighted by molar-refractivity contribution is 0.419. The summed E-state index contributed by atoms with van der Waals surface area (Å²) in [7, 11) is 0. The Kier molecular flexibility index (Phi) is 4.71. The lowest BCUT2D eigenvalue weighted by Crippen LogP contribution is -2.23. The van der Waals surface area contributed by atoms with E-state index in [4.69, 9.17) is 0 Å². The van der Waals surface area contributed by atoms with Crippen LogP contribution in [0.1, 0.15) is 60.0 Å². The molecule has 2 aromatic rings. The maximum Gasteiger partial charge on any atom is 0.0947 e. The van der Waals surface area contributed by atoms with Crippen molar-refractivity contribution in [1.82, 2.24) is 10.3 Å². The normalized spacial score (nSPS) is 16.7. The minimum absolute atomic E-state index is 0.371. The second kappa shape index (κ2) is 6.71. The zero-order valence-corrected chi connectivity index (χ0v) is 13.7. The van der Waals surface area contributed by atoms with Gasteiger partial charge >= 0.3 is 0 Å². The third-order valence-electron chi connectivity index (χ3n) is 4.41. The first-order chi connectivity index (χ1) is 10.3. The maximum absolute atomic E-state index is 4.60. The monoisotopic (exact) mass is 300 g/mol. The van der Waals surface area contributed by atoms with Crippen LogP contribution in [0.25, 0.3) is 0 Å². The van der Waals surface area contributed by atoms with Gasteiger partial charge in [0.25, 0.3) is 0 Å². The Labute approximate surface area is 131 Å². The molecule has 3 rings (SSSR count). The number of hydrogen-bond donors (Lipinski definition) is 1. The van der Waals surface area contributed by atoms with Gasteiger partial charge in [-0.25, -0.2) is 4.98 Å².